The molecule has 0 radical (unpaired) electrons. The summed E-state index contributed by atoms with van der Waals surface area (Å²) in [6.07, 6.45) is -4.30. The first kappa shape index (κ1) is 23.1. The number of nitrogens with zero attached hydrogens (tertiary/aromatic N) is 2. The molecule has 31 heavy (non-hydrogen) atoms. The maximum atomic E-state index is 12.7. The minimum absolute atomic E-state index is 0.512. The standard InChI is InChI=1S/C23H27F3N2O3/c1-22(2,21(29)30)31-20-9-5-18(6-10-20)16-28-13-11-27(12-14-28)15-17-3-7-19(8-4-17)23(24,25)26/h3-10H,11-16H2,1-2H3,(H,29,30). The minimum Gasteiger partial charge on any atom is -0.478 e. The molecule has 3 rings (SSSR count). The Balaban J connectivity index is 1.46. The van der Waals surface area contributed by atoms with Crippen molar-refractivity contribution in [3.63, 3.8) is 0 Å². The number of ether oxygens (including phenoxy) is 1. The van der Waals surface area contributed by atoms with Crippen LogP contribution < -0.4 is 4.74 Å². The number of benzene rings is 2. The number of carbonyl (C=O) groups is 1. The van der Waals surface area contributed by atoms with Gasteiger partial charge in [0.05, 0.1) is 5.56 Å². The molecule has 168 valence electrons. The lowest BCUT2D eigenvalue weighted by atomic mass is 10.1. The number of hydrogen-bond acceptors (Lipinski definition) is 4. The summed E-state index contributed by atoms with van der Waals surface area (Å²) < 4.78 is 43.6. The van der Waals surface area contributed by atoms with Crippen molar-refractivity contribution in [2.75, 3.05) is 26.2 Å². The summed E-state index contributed by atoms with van der Waals surface area (Å²) in [5.41, 5.74) is 0.0762. The monoisotopic (exact) mass is 436 g/mol. The van der Waals surface area contributed by atoms with Crippen molar-refractivity contribution in [1.82, 2.24) is 9.80 Å². The first-order valence-corrected chi connectivity index (χ1v) is 10.2. The maximum absolute atomic E-state index is 12.7. The molecule has 1 saturated heterocycles. The zero-order chi connectivity index (χ0) is 22.6. The van der Waals surface area contributed by atoms with Crippen LogP contribution in [0.4, 0.5) is 13.2 Å². The number of alkyl halides is 3. The maximum Gasteiger partial charge on any atom is 0.416 e. The Kier molecular flexibility index (Phi) is 6.91. The highest BCUT2D eigenvalue weighted by atomic mass is 19.4. The molecule has 0 bridgehead atoms. The van der Waals surface area contributed by atoms with Gasteiger partial charge in [-0.2, -0.15) is 13.2 Å². The van der Waals surface area contributed by atoms with Gasteiger partial charge in [-0.1, -0.05) is 24.3 Å². The summed E-state index contributed by atoms with van der Waals surface area (Å²) in [5.74, 6) is -0.511. The first-order valence-electron chi connectivity index (χ1n) is 10.2. The van der Waals surface area contributed by atoms with Gasteiger partial charge in [0.1, 0.15) is 5.75 Å². The van der Waals surface area contributed by atoms with Crippen LogP contribution in [0.15, 0.2) is 48.5 Å². The summed E-state index contributed by atoms with van der Waals surface area (Å²) in [7, 11) is 0. The molecular formula is C23H27F3N2O3. The van der Waals surface area contributed by atoms with Crippen LogP contribution in [-0.2, 0) is 24.1 Å². The summed E-state index contributed by atoms with van der Waals surface area (Å²) in [4.78, 5) is 15.7. The fourth-order valence-corrected chi connectivity index (χ4v) is 3.42. The highest BCUT2D eigenvalue weighted by Gasteiger charge is 2.30. The Hall–Kier alpha value is -2.58. The second-order valence-electron chi connectivity index (χ2n) is 8.31. The van der Waals surface area contributed by atoms with Crippen molar-refractivity contribution in [3.8, 4) is 5.75 Å². The van der Waals surface area contributed by atoms with E-state index in [1.807, 2.05) is 12.1 Å². The fraction of sp³-hybridized carbons (Fsp3) is 0.435. The third kappa shape index (κ3) is 6.45. The van der Waals surface area contributed by atoms with Gasteiger partial charge in [-0.15, -0.1) is 0 Å². The van der Waals surface area contributed by atoms with Gasteiger partial charge in [-0.3, -0.25) is 9.80 Å². The lowest BCUT2D eigenvalue weighted by Crippen LogP contribution is -2.45. The van der Waals surface area contributed by atoms with Crippen molar-refractivity contribution in [2.45, 2.75) is 38.7 Å². The van der Waals surface area contributed by atoms with E-state index in [0.717, 1.165) is 56.0 Å². The molecule has 2 aromatic rings. The molecule has 1 N–H and O–H groups in total. The van der Waals surface area contributed by atoms with Crippen LogP contribution >= 0.6 is 0 Å². The molecule has 2 aromatic carbocycles. The lowest BCUT2D eigenvalue weighted by Gasteiger charge is -2.34. The van der Waals surface area contributed by atoms with E-state index in [0.29, 0.717) is 12.3 Å². The van der Waals surface area contributed by atoms with E-state index in [4.69, 9.17) is 9.84 Å². The molecule has 1 heterocycles. The van der Waals surface area contributed by atoms with Gasteiger partial charge in [0.15, 0.2) is 5.60 Å². The lowest BCUT2D eigenvalue weighted by molar-refractivity contribution is -0.152. The summed E-state index contributed by atoms with van der Waals surface area (Å²) in [6.45, 7) is 7.84. The number of aliphatic carboxylic acids is 1. The first-order chi connectivity index (χ1) is 14.5. The normalized spacial score (nSPS) is 16.3. The van der Waals surface area contributed by atoms with Gasteiger partial charge in [0.2, 0.25) is 0 Å². The molecule has 0 unspecified atom stereocenters. The Morgan fingerprint density at radius 3 is 1.68 bits per heavy atom. The quantitative estimate of drug-likeness (QED) is 0.703. The topological polar surface area (TPSA) is 53.0 Å². The van der Waals surface area contributed by atoms with Crippen LogP contribution in [0.5, 0.6) is 5.75 Å². The highest BCUT2D eigenvalue weighted by molar-refractivity contribution is 5.76. The van der Waals surface area contributed by atoms with Gasteiger partial charge in [0, 0.05) is 39.3 Å². The predicted molar refractivity (Wildman–Crippen MR) is 111 cm³/mol. The van der Waals surface area contributed by atoms with Crippen LogP contribution in [0, 0.1) is 0 Å². The molecule has 0 saturated carbocycles. The zero-order valence-corrected chi connectivity index (χ0v) is 17.7. The van der Waals surface area contributed by atoms with E-state index in [-0.39, 0.29) is 0 Å². The van der Waals surface area contributed by atoms with Crippen molar-refractivity contribution in [1.29, 1.82) is 0 Å². The number of carboxylic acid groups (broad SMARTS) is 1. The SMILES string of the molecule is CC(C)(Oc1ccc(CN2CCN(Cc3ccc(C(F)(F)F)cc3)CC2)cc1)C(=O)O. The average Bonchev–Trinajstić information content (AvgIpc) is 2.70. The number of hydrogen-bond donors (Lipinski definition) is 1. The van der Waals surface area contributed by atoms with Crippen LogP contribution in [-0.4, -0.2) is 52.7 Å². The molecule has 0 atom stereocenters. The molecule has 1 aliphatic rings. The minimum atomic E-state index is -4.30. The van der Waals surface area contributed by atoms with Gasteiger partial charge < -0.3 is 9.84 Å². The van der Waals surface area contributed by atoms with Crippen LogP contribution in [0.2, 0.25) is 0 Å². The largest absolute Gasteiger partial charge is 0.478 e. The molecule has 0 aromatic heterocycles. The van der Waals surface area contributed by atoms with Gasteiger partial charge in [-0.25, -0.2) is 4.79 Å². The van der Waals surface area contributed by atoms with Crippen molar-refractivity contribution in [3.05, 3.63) is 65.2 Å². The van der Waals surface area contributed by atoms with Crippen molar-refractivity contribution in [2.24, 2.45) is 0 Å². The second kappa shape index (κ2) is 9.28. The van der Waals surface area contributed by atoms with E-state index in [1.165, 1.54) is 13.8 Å². The Labute approximate surface area is 180 Å². The molecule has 1 fully saturated rings. The Bertz CT molecular complexity index is 872. The predicted octanol–water partition coefficient (Wildman–Crippen LogP) is 4.27. The van der Waals surface area contributed by atoms with Crippen LogP contribution in [0.25, 0.3) is 0 Å². The number of carboxylic acids is 1. The van der Waals surface area contributed by atoms with E-state index in [1.54, 1.807) is 24.3 Å². The van der Waals surface area contributed by atoms with E-state index >= 15 is 0 Å². The van der Waals surface area contributed by atoms with Crippen molar-refractivity contribution < 1.29 is 27.8 Å². The molecule has 0 aliphatic carbocycles. The molecule has 0 amide bonds. The third-order valence-corrected chi connectivity index (χ3v) is 5.37. The molecule has 5 nitrogen and oxygen atoms in total. The number of piperazine rings is 1. The Morgan fingerprint density at radius 2 is 1.29 bits per heavy atom. The van der Waals surface area contributed by atoms with E-state index < -0.39 is 23.3 Å². The van der Waals surface area contributed by atoms with Crippen LogP contribution in [0.1, 0.15) is 30.5 Å². The van der Waals surface area contributed by atoms with Gasteiger partial charge in [0.25, 0.3) is 0 Å². The van der Waals surface area contributed by atoms with Crippen LogP contribution in [0.3, 0.4) is 0 Å². The Morgan fingerprint density at radius 1 is 0.871 bits per heavy atom. The highest BCUT2D eigenvalue weighted by Crippen LogP contribution is 2.29. The molecule has 1 aliphatic heterocycles. The molecule has 0 spiro atoms. The van der Waals surface area contributed by atoms with E-state index in [2.05, 4.69) is 9.80 Å². The fourth-order valence-electron chi connectivity index (χ4n) is 3.42. The van der Waals surface area contributed by atoms with Crippen molar-refractivity contribution >= 4 is 5.97 Å². The zero-order valence-electron chi connectivity index (χ0n) is 17.7. The molecular weight excluding hydrogens is 409 g/mol. The van der Waals surface area contributed by atoms with Gasteiger partial charge >= 0.3 is 12.1 Å². The second-order valence-corrected chi connectivity index (χ2v) is 8.31. The third-order valence-electron chi connectivity index (χ3n) is 5.37. The summed E-state index contributed by atoms with van der Waals surface area (Å²) >= 11 is 0. The summed E-state index contributed by atoms with van der Waals surface area (Å²) in [5, 5.41) is 9.15. The van der Waals surface area contributed by atoms with Gasteiger partial charge in [-0.05, 0) is 49.2 Å². The molecule has 8 heteroatoms. The summed E-state index contributed by atoms with van der Waals surface area (Å²) in [6, 6.07) is 12.8. The number of halogens is 3. The average molecular weight is 436 g/mol. The number of rotatable bonds is 7. The van der Waals surface area contributed by atoms with E-state index in [9.17, 15) is 18.0 Å². The smallest absolute Gasteiger partial charge is 0.416 e.